The summed E-state index contributed by atoms with van der Waals surface area (Å²) in [5.41, 5.74) is 2.19. The molecule has 20 heavy (non-hydrogen) atoms. The molecule has 5 heteroatoms. The quantitative estimate of drug-likeness (QED) is 0.903. The van der Waals surface area contributed by atoms with Gasteiger partial charge in [0.05, 0.1) is 17.8 Å². The van der Waals surface area contributed by atoms with Crippen LogP contribution in [0.5, 0.6) is 0 Å². The third kappa shape index (κ3) is 2.69. The molecule has 1 aromatic heterocycles. The van der Waals surface area contributed by atoms with Crippen LogP contribution in [0, 0.1) is 5.92 Å². The van der Waals surface area contributed by atoms with Gasteiger partial charge in [-0.05, 0) is 25.0 Å². The second-order valence-electron chi connectivity index (χ2n) is 5.65. The van der Waals surface area contributed by atoms with Gasteiger partial charge in [0.25, 0.3) is 0 Å². The van der Waals surface area contributed by atoms with Gasteiger partial charge in [0.2, 0.25) is 0 Å². The molecule has 0 amide bonds. The summed E-state index contributed by atoms with van der Waals surface area (Å²) in [4.78, 5) is 0. The van der Waals surface area contributed by atoms with Crippen LogP contribution in [0.1, 0.15) is 25.7 Å². The third-order valence-electron chi connectivity index (χ3n) is 4.26. The van der Waals surface area contributed by atoms with Gasteiger partial charge in [-0.15, -0.1) is 0 Å². The van der Waals surface area contributed by atoms with Crippen LogP contribution < -0.4 is 5.32 Å². The van der Waals surface area contributed by atoms with Crippen molar-refractivity contribution < 1.29 is 5.11 Å². The molecule has 3 rings (SSSR count). The van der Waals surface area contributed by atoms with E-state index in [1.54, 1.807) is 0 Å². The normalized spacial score (nSPS) is 23.1. The van der Waals surface area contributed by atoms with E-state index in [-0.39, 0.29) is 6.10 Å². The fraction of sp³-hybridized carbons (Fsp3) is 0.533. The minimum Gasteiger partial charge on any atom is -0.393 e. The summed E-state index contributed by atoms with van der Waals surface area (Å²) < 4.78 is 2.92. The van der Waals surface area contributed by atoms with Crippen molar-refractivity contribution in [3.8, 4) is 0 Å². The minimum absolute atomic E-state index is 0.159. The van der Waals surface area contributed by atoms with Crippen LogP contribution in [-0.2, 0) is 7.05 Å². The Morgan fingerprint density at radius 1 is 1.40 bits per heavy atom. The van der Waals surface area contributed by atoms with Gasteiger partial charge in [-0.25, -0.2) is 0 Å². The Labute approximate surface area is 127 Å². The van der Waals surface area contributed by atoms with Gasteiger partial charge in [0, 0.05) is 35.1 Å². The maximum Gasteiger partial charge on any atom is 0.0711 e. The first-order valence-corrected chi connectivity index (χ1v) is 7.97. The Balaban J connectivity index is 1.80. The van der Waals surface area contributed by atoms with Crippen LogP contribution in [0.4, 0.5) is 5.69 Å². The predicted molar refractivity (Wildman–Crippen MR) is 84.9 cm³/mol. The second-order valence-corrected chi connectivity index (χ2v) is 6.56. The van der Waals surface area contributed by atoms with Crippen molar-refractivity contribution in [1.29, 1.82) is 0 Å². The summed E-state index contributed by atoms with van der Waals surface area (Å²) in [7, 11) is 1.95. The number of fused-ring (bicyclic) bond motifs is 1. The van der Waals surface area contributed by atoms with E-state index in [2.05, 4.69) is 38.5 Å². The molecule has 0 aliphatic heterocycles. The molecule has 2 aromatic rings. The maximum atomic E-state index is 10.1. The van der Waals surface area contributed by atoms with E-state index in [1.165, 1.54) is 6.42 Å². The topological polar surface area (TPSA) is 50.1 Å². The highest BCUT2D eigenvalue weighted by atomic mass is 79.9. The number of aryl methyl sites for hydroxylation is 1. The largest absolute Gasteiger partial charge is 0.393 e. The first-order valence-electron chi connectivity index (χ1n) is 7.18. The summed E-state index contributed by atoms with van der Waals surface area (Å²) in [6.45, 7) is 0.821. The third-order valence-corrected chi connectivity index (χ3v) is 4.71. The molecule has 1 aliphatic carbocycles. The molecule has 1 heterocycles. The van der Waals surface area contributed by atoms with E-state index in [1.807, 2.05) is 17.9 Å². The summed E-state index contributed by atoms with van der Waals surface area (Å²) in [5, 5.41) is 19.0. The van der Waals surface area contributed by atoms with E-state index < -0.39 is 0 Å². The number of aliphatic hydroxyl groups is 1. The number of halogens is 1. The van der Waals surface area contributed by atoms with Gasteiger partial charge in [-0.3, -0.25) is 4.68 Å². The molecule has 4 nitrogen and oxygen atoms in total. The molecule has 2 atom stereocenters. The van der Waals surface area contributed by atoms with Gasteiger partial charge < -0.3 is 10.4 Å². The van der Waals surface area contributed by atoms with Crippen molar-refractivity contribution in [3.63, 3.8) is 0 Å². The zero-order valence-electron chi connectivity index (χ0n) is 11.6. The highest BCUT2D eigenvalue weighted by Gasteiger charge is 2.22. The lowest BCUT2D eigenvalue weighted by Gasteiger charge is -2.28. The summed E-state index contributed by atoms with van der Waals surface area (Å²) in [6, 6.07) is 4.15. The van der Waals surface area contributed by atoms with E-state index in [9.17, 15) is 5.11 Å². The van der Waals surface area contributed by atoms with E-state index in [0.29, 0.717) is 5.92 Å². The monoisotopic (exact) mass is 337 g/mol. The smallest absolute Gasteiger partial charge is 0.0711 e. The van der Waals surface area contributed by atoms with Crippen molar-refractivity contribution >= 4 is 32.5 Å². The number of hydrogen-bond donors (Lipinski definition) is 2. The van der Waals surface area contributed by atoms with Crippen molar-refractivity contribution in [2.24, 2.45) is 13.0 Å². The number of benzene rings is 1. The van der Waals surface area contributed by atoms with Crippen LogP contribution >= 0.6 is 15.9 Å². The lowest BCUT2D eigenvalue weighted by Crippen LogP contribution is -2.30. The highest BCUT2D eigenvalue weighted by molar-refractivity contribution is 9.10. The molecule has 0 unspecified atom stereocenters. The average molecular weight is 338 g/mol. The molecule has 1 aromatic carbocycles. The lowest BCUT2D eigenvalue weighted by molar-refractivity contribution is 0.0763. The standard InChI is InChI=1S/C15H20BrN3O/c1-19-14-7-11(16)6-13(12(14)9-18-19)17-8-10-4-2-3-5-15(10)20/h6-7,9-10,15,17,20H,2-5,8H2,1H3/t10-,15+/m0/s1. The fourth-order valence-electron chi connectivity index (χ4n) is 3.03. The van der Waals surface area contributed by atoms with Crippen LogP contribution in [-0.4, -0.2) is 27.5 Å². The van der Waals surface area contributed by atoms with E-state index in [0.717, 1.165) is 46.9 Å². The molecular weight excluding hydrogens is 318 g/mol. The number of anilines is 1. The Morgan fingerprint density at radius 2 is 2.20 bits per heavy atom. The Bertz CT molecular complexity index is 610. The summed E-state index contributed by atoms with van der Waals surface area (Å²) in [6.07, 6.45) is 6.16. The molecular formula is C15H20BrN3O. The Hall–Kier alpha value is -1.07. The second kappa shape index (κ2) is 5.74. The Morgan fingerprint density at radius 3 is 3.00 bits per heavy atom. The fourth-order valence-corrected chi connectivity index (χ4v) is 3.47. The summed E-state index contributed by atoms with van der Waals surface area (Å²) in [5.74, 6) is 0.356. The molecule has 1 aliphatic rings. The molecule has 0 spiro atoms. The van der Waals surface area contributed by atoms with Gasteiger partial charge in [-0.2, -0.15) is 5.10 Å². The number of nitrogens with one attached hydrogen (secondary N) is 1. The number of aromatic nitrogens is 2. The highest BCUT2D eigenvalue weighted by Crippen LogP contribution is 2.30. The molecule has 1 fully saturated rings. The van der Waals surface area contributed by atoms with Crippen LogP contribution in [0.2, 0.25) is 0 Å². The zero-order valence-corrected chi connectivity index (χ0v) is 13.2. The van der Waals surface area contributed by atoms with Crippen LogP contribution in [0.25, 0.3) is 10.9 Å². The Kier molecular flexibility index (Phi) is 3.98. The van der Waals surface area contributed by atoms with Crippen LogP contribution in [0.15, 0.2) is 22.8 Å². The van der Waals surface area contributed by atoms with Crippen LogP contribution in [0.3, 0.4) is 0 Å². The van der Waals surface area contributed by atoms with Crippen molar-refractivity contribution in [1.82, 2.24) is 9.78 Å². The van der Waals surface area contributed by atoms with Crippen molar-refractivity contribution in [3.05, 3.63) is 22.8 Å². The minimum atomic E-state index is -0.159. The first kappa shape index (κ1) is 13.9. The molecule has 1 saturated carbocycles. The van der Waals surface area contributed by atoms with Gasteiger partial charge in [-0.1, -0.05) is 28.8 Å². The predicted octanol–water partition coefficient (Wildman–Crippen LogP) is 3.30. The van der Waals surface area contributed by atoms with Gasteiger partial charge in [0.1, 0.15) is 0 Å². The lowest BCUT2D eigenvalue weighted by atomic mass is 9.86. The zero-order chi connectivity index (χ0) is 14.1. The molecule has 2 N–H and O–H groups in total. The molecule has 0 radical (unpaired) electrons. The number of rotatable bonds is 3. The molecule has 0 bridgehead atoms. The van der Waals surface area contributed by atoms with E-state index in [4.69, 9.17) is 0 Å². The first-order chi connectivity index (χ1) is 9.65. The van der Waals surface area contributed by atoms with Gasteiger partial charge in [0.15, 0.2) is 0 Å². The van der Waals surface area contributed by atoms with Crippen molar-refractivity contribution in [2.45, 2.75) is 31.8 Å². The number of aliphatic hydroxyl groups excluding tert-OH is 1. The number of hydrogen-bond acceptors (Lipinski definition) is 3. The molecule has 108 valence electrons. The SMILES string of the molecule is Cn1ncc2c(NC[C@@H]3CCCC[C@H]3O)cc(Br)cc21. The van der Waals surface area contributed by atoms with E-state index >= 15 is 0 Å². The van der Waals surface area contributed by atoms with Gasteiger partial charge >= 0.3 is 0 Å². The average Bonchev–Trinajstić information content (AvgIpc) is 2.79. The molecule has 0 saturated heterocycles. The maximum absolute atomic E-state index is 10.1. The number of nitrogens with zero attached hydrogens (tertiary/aromatic N) is 2. The van der Waals surface area contributed by atoms with Crippen molar-refractivity contribution in [2.75, 3.05) is 11.9 Å². The summed E-state index contributed by atoms with van der Waals surface area (Å²) >= 11 is 3.55.